The number of hydrogen-bond donors (Lipinski definition) is 1. The number of aromatic nitrogens is 8. The average Bonchev–Trinajstić information content (AvgIpc) is 3.36. The fraction of sp³-hybridized carbons (Fsp3) is 0.478. The zero-order valence-corrected chi connectivity index (χ0v) is 19.2. The second-order valence-electron chi connectivity index (χ2n) is 8.87. The normalized spacial score (nSPS) is 18.3. The predicted octanol–water partition coefficient (Wildman–Crippen LogP) is 3.60. The van der Waals surface area contributed by atoms with E-state index in [1.807, 2.05) is 25.6 Å². The van der Waals surface area contributed by atoms with Gasteiger partial charge in [0.1, 0.15) is 18.0 Å². The summed E-state index contributed by atoms with van der Waals surface area (Å²) in [6.45, 7) is 11.4. The lowest BCUT2D eigenvalue weighted by molar-refractivity contribution is 0.426. The molecule has 1 aliphatic carbocycles. The second-order valence-corrected chi connectivity index (χ2v) is 8.87. The zero-order valence-electron chi connectivity index (χ0n) is 19.2. The average molecular weight is 432 g/mol. The molecule has 5 rings (SSSR count). The molecule has 4 aromatic rings. The standard InChI is InChI=1S/C23H29N9/c1-6-31-22(16-9-24-15(5)25-10-16)30-20-21(26-11-27-23(20)31)29-17-8-19-18(7-14(17)4)28-12-32(19)13(2)3/h9-14,17H,6-8H2,1-5H3,(H,26,27,29). The van der Waals surface area contributed by atoms with Gasteiger partial charge in [0.25, 0.3) is 0 Å². The Balaban J connectivity index is 1.52. The number of anilines is 1. The van der Waals surface area contributed by atoms with E-state index in [0.717, 1.165) is 53.6 Å². The molecule has 32 heavy (non-hydrogen) atoms. The first kappa shape index (κ1) is 20.5. The molecule has 0 radical (unpaired) electrons. The molecule has 0 saturated carbocycles. The van der Waals surface area contributed by atoms with E-state index in [9.17, 15) is 0 Å². The summed E-state index contributed by atoms with van der Waals surface area (Å²) in [5.41, 5.74) is 5.00. The molecule has 0 fully saturated rings. The summed E-state index contributed by atoms with van der Waals surface area (Å²) in [5, 5.41) is 3.70. The Hall–Kier alpha value is -3.36. The highest BCUT2D eigenvalue weighted by Crippen LogP contribution is 2.31. The Morgan fingerprint density at radius 2 is 1.88 bits per heavy atom. The number of nitrogens with zero attached hydrogens (tertiary/aromatic N) is 8. The first-order chi connectivity index (χ1) is 15.5. The largest absolute Gasteiger partial charge is 0.365 e. The molecule has 0 bridgehead atoms. The van der Waals surface area contributed by atoms with Gasteiger partial charge in [-0.15, -0.1) is 0 Å². The van der Waals surface area contributed by atoms with Crippen LogP contribution >= 0.6 is 0 Å². The topological polar surface area (TPSA) is 99.2 Å². The molecule has 2 unspecified atom stereocenters. The predicted molar refractivity (Wildman–Crippen MR) is 123 cm³/mol. The Kier molecular flexibility index (Phi) is 5.11. The van der Waals surface area contributed by atoms with Gasteiger partial charge in [0.15, 0.2) is 17.0 Å². The SMILES string of the molecule is CCn1c(-c2cnc(C)nc2)nc2c(NC3Cc4c(ncn4C(C)C)CC3C)ncnc21. The number of hydrogen-bond acceptors (Lipinski definition) is 7. The summed E-state index contributed by atoms with van der Waals surface area (Å²) < 4.78 is 4.37. The lowest BCUT2D eigenvalue weighted by Crippen LogP contribution is -2.36. The van der Waals surface area contributed by atoms with Gasteiger partial charge in [-0.3, -0.25) is 0 Å². The van der Waals surface area contributed by atoms with Gasteiger partial charge in [-0.2, -0.15) is 0 Å². The number of fused-ring (bicyclic) bond motifs is 2. The summed E-state index contributed by atoms with van der Waals surface area (Å²) in [7, 11) is 0. The fourth-order valence-electron chi connectivity index (χ4n) is 4.56. The van der Waals surface area contributed by atoms with E-state index in [1.54, 1.807) is 6.33 Å². The van der Waals surface area contributed by atoms with Crippen LogP contribution in [-0.4, -0.2) is 45.1 Å². The highest BCUT2D eigenvalue weighted by Gasteiger charge is 2.30. The monoisotopic (exact) mass is 431 g/mol. The highest BCUT2D eigenvalue weighted by molar-refractivity contribution is 5.86. The molecular formula is C23H29N9. The number of nitrogens with one attached hydrogen (secondary N) is 1. The smallest absolute Gasteiger partial charge is 0.165 e. The molecule has 4 heterocycles. The highest BCUT2D eigenvalue weighted by atomic mass is 15.2. The summed E-state index contributed by atoms with van der Waals surface area (Å²) in [6, 6.07) is 0.637. The van der Waals surface area contributed by atoms with Crippen molar-refractivity contribution >= 4 is 17.0 Å². The van der Waals surface area contributed by atoms with Gasteiger partial charge in [-0.25, -0.2) is 29.9 Å². The number of imidazole rings is 2. The third-order valence-electron chi connectivity index (χ3n) is 6.36. The van der Waals surface area contributed by atoms with Crippen molar-refractivity contribution in [2.45, 2.75) is 66.1 Å². The molecule has 0 amide bonds. The number of rotatable bonds is 5. The van der Waals surface area contributed by atoms with Crippen molar-refractivity contribution in [2.24, 2.45) is 5.92 Å². The molecule has 0 aromatic carbocycles. The fourth-order valence-corrected chi connectivity index (χ4v) is 4.56. The molecule has 1 aliphatic rings. The maximum Gasteiger partial charge on any atom is 0.165 e. The molecule has 166 valence electrons. The Morgan fingerprint density at radius 1 is 1.09 bits per heavy atom. The molecule has 9 heteroatoms. The molecule has 9 nitrogen and oxygen atoms in total. The molecule has 2 atom stereocenters. The minimum absolute atomic E-state index is 0.243. The van der Waals surface area contributed by atoms with Crippen LogP contribution in [0.1, 0.15) is 50.9 Å². The van der Waals surface area contributed by atoms with E-state index < -0.39 is 0 Å². The van der Waals surface area contributed by atoms with Crippen LogP contribution in [-0.2, 0) is 19.4 Å². The van der Waals surface area contributed by atoms with Crippen molar-refractivity contribution in [3.8, 4) is 11.4 Å². The van der Waals surface area contributed by atoms with Gasteiger partial charge >= 0.3 is 0 Å². The van der Waals surface area contributed by atoms with Gasteiger partial charge in [0, 0.05) is 43.1 Å². The van der Waals surface area contributed by atoms with E-state index in [4.69, 9.17) is 4.98 Å². The minimum Gasteiger partial charge on any atom is -0.365 e. The Morgan fingerprint density at radius 3 is 2.59 bits per heavy atom. The summed E-state index contributed by atoms with van der Waals surface area (Å²) in [6.07, 6.45) is 9.09. The molecule has 4 aromatic heterocycles. The van der Waals surface area contributed by atoms with Gasteiger partial charge in [0.05, 0.1) is 17.6 Å². The van der Waals surface area contributed by atoms with Crippen LogP contribution < -0.4 is 5.32 Å². The number of aryl methyl sites for hydroxylation is 2. The van der Waals surface area contributed by atoms with E-state index in [-0.39, 0.29) is 6.04 Å². The molecule has 1 N–H and O–H groups in total. The van der Waals surface area contributed by atoms with Gasteiger partial charge in [-0.05, 0) is 40.0 Å². The molecular weight excluding hydrogens is 402 g/mol. The Labute approximate surface area is 187 Å². The molecule has 0 spiro atoms. The van der Waals surface area contributed by atoms with Gasteiger partial charge in [-0.1, -0.05) is 6.92 Å². The van der Waals surface area contributed by atoms with Crippen LogP contribution in [0.25, 0.3) is 22.6 Å². The summed E-state index contributed by atoms with van der Waals surface area (Å²) >= 11 is 0. The lowest BCUT2D eigenvalue weighted by atomic mass is 9.86. The van der Waals surface area contributed by atoms with Crippen molar-refractivity contribution in [2.75, 3.05) is 5.32 Å². The van der Waals surface area contributed by atoms with Crippen LogP contribution in [0, 0.1) is 12.8 Å². The summed E-state index contributed by atoms with van der Waals surface area (Å²) in [5.74, 6) is 2.75. The maximum atomic E-state index is 4.93. The van der Waals surface area contributed by atoms with E-state index in [0.29, 0.717) is 12.0 Å². The summed E-state index contributed by atoms with van der Waals surface area (Å²) in [4.78, 5) is 27.4. The maximum absolute atomic E-state index is 4.93. The van der Waals surface area contributed by atoms with Crippen molar-refractivity contribution in [3.05, 3.63) is 42.3 Å². The second kappa shape index (κ2) is 7.96. The first-order valence-corrected chi connectivity index (χ1v) is 11.3. The van der Waals surface area contributed by atoms with Crippen molar-refractivity contribution in [3.63, 3.8) is 0 Å². The molecule has 0 saturated heterocycles. The van der Waals surface area contributed by atoms with Crippen molar-refractivity contribution < 1.29 is 0 Å². The molecule has 0 aliphatic heterocycles. The van der Waals surface area contributed by atoms with E-state index in [1.165, 1.54) is 11.4 Å². The van der Waals surface area contributed by atoms with Gasteiger partial charge < -0.3 is 14.5 Å². The van der Waals surface area contributed by atoms with E-state index in [2.05, 4.69) is 67.1 Å². The van der Waals surface area contributed by atoms with Crippen LogP contribution in [0.15, 0.2) is 25.0 Å². The minimum atomic E-state index is 0.243. The van der Waals surface area contributed by atoms with Crippen LogP contribution in [0.5, 0.6) is 0 Å². The lowest BCUT2D eigenvalue weighted by Gasteiger charge is -2.31. The third-order valence-corrected chi connectivity index (χ3v) is 6.36. The van der Waals surface area contributed by atoms with E-state index >= 15 is 0 Å². The zero-order chi connectivity index (χ0) is 22.4. The Bertz CT molecular complexity index is 1250. The van der Waals surface area contributed by atoms with Crippen molar-refractivity contribution in [1.82, 2.24) is 39.0 Å². The van der Waals surface area contributed by atoms with Crippen molar-refractivity contribution in [1.29, 1.82) is 0 Å². The third kappa shape index (κ3) is 3.41. The van der Waals surface area contributed by atoms with Crippen LogP contribution in [0.2, 0.25) is 0 Å². The quantitative estimate of drug-likeness (QED) is 0.515. The van der Waals surface area contributed by atoms with Crippen LogP contribution in [0.4, 0.5) is 5.82 Å². The first-order valence-electron chi connectivity index (χ1n) is 11.3. The van der Waals surface area contributed by atoms with Gasteiger partial charge in [0.2, 0.25) is 0 Å². The van der Waals surface area contributed by atoms with Crippen LogP contribution in [0.3, 0.4) is 0 Å².